The molecule has 1 atom stereocenters. The number of ether oxygens (including phenoxy) is 1. The van der Waals surface area contributed by atoms with Gasteiger partial charge in [-0.2, -0.15) is 0 Å². The highest BCUT2D eigenvalue weighted by Crippen LogP contribution is 2.23. The van der Waals surface area contributed by atoms with Gasteiger partial charge in [-0.1, -0.05) is 25.4 Å². The molecular formula is C24H30ClN5O4. The van der Waals surface area contributed by atoms with Gasteiger partial charge in [-0.25, -0.2) is 9.97 Å². The first-order chi connectivity index (χ1) is 16.2. The summed E-state index contributed by atoms with van der Waals surface area (Å²) in [4.78, 5) is 48.5. The number of hydrogen-bond donors (Lipinski definition) is 2. The summed E-state index contributed by atoms with van der Waals surface area (Å²) in [5.74, 6) is 0.00986. The second-order valence-corrected chi connectivity index (χ2v) is 8.98. The Labute approximate surface area is 204 Å². The smallest absolute Gasteiger partial charge is 0.273 e. The average Bonchev–Trinajstić information content (AvgIpc) is 2.80. The highest BCUT2D eigenvalue weighted by Gasteiger charge is 2.24. The topological polar surface area (TPSA) is 114 Å². The van der Waals surface area contributed by atoms with E-state index in [9.17, 15) is 14.4 Å². The molecule has 0 unspecified atom stereocenters. The van der Waals surface area contributed by atoms with Gasteiger partial charge in [-0.05, 0) is 49.9 Å². The zero-order chi connectivity index (χ0) is 24.7. The molecule has 0 saturated heterocycles. The number of nitrogens with zero attached hydrogens (tertiary/aromatic N) is 3. The van der Waals surface area contributed by atoms with Crippen LogP contribution in [0.1, 0.15) is 53.4 Å². The van der Waals surface area contributed by atoms with Gasteiger partial charge in [0.25, 0.3) is 11.8 Å². The molecule has 0 radical (unpaired) electrons. The van der Waals surface area contributed by atoms with E-state index in [1.807, 2.05) is 13.8 Å². The van der Waals surface area contributed by atoms with Crippen molar-refractivity contribution >= 4 is 29.3 Å². The van der Waals surface area contributed by atoms with Crippen molar-refractivity contribution in [3.05, 3.63) is 52.6 Å². The van der Waals surface area contributed by atoms with Crippen LogP contribution in [0.2, 0.25) is 5.02 Å². The molecule has 0 bridgehead atoms. The third-order valence-electron chi connectivity index (χ3n) is 5.51. The van der Waals surface area contributed by atoms with E-state index >= 15 is 0 Å². The molecule has 2 aromatic rings. The van der Waals surface area contributed by atoms with Gasteiger partial charge in [-0.3, -0.25) is 14.4 Å². The lowest BCUT2D eigenvalue weighted by Gasteiger charge is -2.26. The van der Waals surface area contributed by atoms with Gasteiger partial charge in [0.15, 0.2) is 0 Å². The van der Waals surface area contributed by atoms with Crippen molar-refractivity contribution in [1.82, 2.24) is 25.5 Å². The first-order valence-corrected chi connectivity index (χ1v) is 11.7. The summed E-state index contributed by atoms with van der Waals surface area (Å²) in [6.45, 7) is 6.43. The number of rotatable bonds is 2. The summed E-state index contributed by atoms with van der Waals surface area (Å²) >= 11 is 6.10. The molecule has 3 rings (SSSR count). The molecule has 1 aromatic carbocycles. The number of amides is 3. The van der Waals surface area contributed by atoms with Crippen LogP contribution in [0.4, 0.5) is 0 Å². The molecule has 34 heavy (non-hydrogen) atoms. The van der Waals surface area contributed by atoms with Crippen molar-refractivity contribution in [2.75, 3.05) is 26.2 Å². The number of carbonyl (C=O) groups excluding carboxylic acids is 3. The minimum Gasteiger partial charge on any atom is -0.491 e. The summed E-state index contributed by atoms with van der Waals surface area (Å²) in [5.41, 5.74) is 0.578. The summed E-state index contributed by atoms with van der Waals surface area (Å²) in [6, 6.07) is 6.08. The van der Waals surface area contributed by atoms with Crippen molar-refractivity contribution in [2.45, 2.75) is 39.7 Å². The fourth-order valence-electron chi connectivity index (χ4n) is 3.53. The summed E-state index contributed by atoms with van der Waals surface area (Å²) in [6.07, 6.45) is 2.73. The van der Waals surface area contributed by atoms with Crippen LogP contribution in [-0.2, 0) is 4.79 Å². The van der Waals surface area contributed by atoms with Crippen molar-refractivity contribution in [2.24, 2.45) is 5.92 Å². The molecule has 2 N–H and O–H groups in total. The molecule has 9 nitrogen and oxygen atoms in total. The first kappa shape index (κ1) is 25.4. The molecular weight excluding hydrogens is 458 g/mol. The van der Waals surface area contributed by atoms with Crippen molar-refractivity contribution in [1.29, 1.82) is 0 Å². The molecule has 182 valence electrons. The molecule has 3 amide bonds. The van der Waals surface area contributed by atoms with E-state index in [1.165, 1.54) is 17.2 Å². The number of benzene rings is 1. The van der Waals surface area contributed by atoms with E-state index in [2.05, 4.69) is 20.6 Å². The fraction of sp³-hybridized carbons (Fsp3) is 0.458. The van der Waals surface area contributed by atoms with Gasteiger partial charge in [0.05, 0.1) is 18.2 Å². The Morgan fingerprint density at radius 3 is 2.76 bits per heavy atom. The number of hydrogen-bond acceptors (Lipinski definition) is 6. The van der Waals surface area contributed by atoms with E-state index in [0.717, 1.165) is 0 Å². The Bertz CT molecular complexity index is 1050. The average molecular weight is 488 g/mol. The second-order valence-electron chi connectivity index (χ2n) is 8.55. The Morgan fingerprint density at radius 2 is 2.03 bits per heavy atom. The highest BCUT2D eigenvalue weighted by molar-refractivity contribution is 6.31. The molecule has 10 heteroatoms. The lowest BCUT2D eigenvalue weighted by atomic mass is 10.1. The predicted octanol–water partition coefficient (Wildman–Crippen LogP) is 2.62. The number of carbonyl (C=O) groups is 3. The number of aryl methyl sites for hydroxylation is 1. The zero-order valence-electron chi connectivity index (χ0n) is 19.6. The van der Waals surface area contributed by atoms with E-state index in [-0.39, 0.29) is 48.5 Å². The largest absolute Gasteiger partial charge is 0.491 e. The van der Waals surface area contributed by atoms with Gasteiger partial charge >= 0.3 is 0 Å². The maximum atomic E-state index is 13.1. The highest BCUT2D eigenvalue weighted by atomic mass is 35.5. The van der Waals surface area contributed by atoms with Crippen molar-refractivity contribution in [3.8, 4) is 5.75 Å². The van der Waals surface area contributed by atoms with Crippen LogP contribution in [0, 0.1) is 12.8 Å². The maximum Gasteiger partial charge on any atom is 0.273 e. The summed E-state index contributed by atoms with van der Waals surface area (Å²) in [7, 11) is 0. The normalized spacial score (nSPS) is 18.1. The molecule has 0 aliphatic carbocycles. The quantitative estimate of drug-likeness (QED) is 0.673. The van der Waals surface area contributed by atoms with Gasteiger partial charge in [0.2, 0.25) is 5.91 Å². The number of fused-ring (bicyclic) bond motifs is 1. The van der Waals surface area contributed by atoms with Crippen LogP contribution in [-0.4, -0.2) is 64.9 Å². The van der Waals surface area contributed by atoms with Crippen molar-refractivity contribution in [3.63, 3.8) is 0 Å². The summed E-state index contributed by atoms with van der Waals surface area (Å²) < 4.78 is 5.94. The molecule has 1 aliphatic rings. The third kappa shape index (κ3) is 6.90. The van der Waals surface area contributed by atoms with E-state index in [4.69, 9.17) is 16.3 Å². The lowest BCUT2D eigenvalue weighted by molar-refractivity contribution is -0.123. The molecule has 1 aliphatic heterocycles. The first-order valence-electron chi connectivity index (χ1n) is 11.3. The number of nitrogens with one attached hydrogen (secondary N) is 2. The standard InChI is InChI=1S/C24H30ClN5O4/c1-15(2)20-14-34-21-7-6-17(25)12-18(21)23(32)27-9-4-5-11-30(13-22(31)29-20)24(33)19-8-10-26-16(3)28-19/h6-8,10,12,15,20H,4-5,9,11,13-14H2,1-3H3,(H,27,32)(H,29,31)/t20-/m0/s1. The van der Waals surface area contributed by atoms with E-state index < -0.39 is 0 Å². The minimum absolute atomic E-state index is 0.0536. The van der Waals surface area contributed by atoms with Crippen LogP contribution in [0.15, 0.2) is 30.5 Å². The zero-order valence-corrected chi connectivity index (χ0v) is 20.4. The second kappa shape index (κ2) is 11.8. The SMILES string of the molecule is Cc1nccc(C(=O)N2CCCCNC(=O)c3cc(Cl)ccc3OC[C@@H](C(C)C)NC(=O)C2)n1. The molecule has 2 heterocycles. The van der Waals surface area contributed by atoms with Crippen LogP contribution < -0.4 is 15.4 Å². The number of aromatic nitrogens is 2. The van der Waals surface area contributed by atoms with Gasteiger partial charge in [-0.15, -0.1) is 0 Å². The Kier molecular flexibility index (Phi) is 8.81. The Hall–Kier alpha value is -3.20. The maximum absolute atomic E-state index is 13.1. The van der Waals surface area contributed by atoms with E-state index in [0.29, 0.717) is 48.1 Å². The van der Waals surface area contributed by atoms with Crippen LogP contribution in [0.5, 0.6) is 5.75 Å². The van der Waals surface area contributed by atoms with Crippen LogP contribution in [0.25, 0.3) is 0 Å². The molecule has 1 aromatic heterocycles. The lowest BCUT2D eigenvalue weighted by Crippen LogP contribution is -2.48. The molecule has 0 saturated carbocycles. The number of halogens is 1. The minimum atomic E-state index is -0.339. The Balaban J connectivity index is 1.82. The van der Waals surface area contributed by atoms with Gasteiger partial charge < -0.3 is 20.3 Å². The van der Waals surface area contributed by atoms with Crippen LogP contribution in [0.3, 0.4) is 0 Å². The van der Waals surface area contributed by atoms with Gasteiger partial charge in [0, 0.05) is 24.3 Å². The monoisotopic (exact) mass is 487 g/mol. The van der Waals surface area contributed by atoms with Crippen molar-refractivity contribution < 1.29 is 19.1 Å². The van der Waals surface area contributed by atoms with E-state index in [1.54, 1.807) is 25.1 Å². The molecule has 0 spiro atoms. The molecule has 0 fully saturated rings. The fourth-order valence-corrected chi connectivity index (χ4v) is 3.70. The van der Waals surface area contributed by atoms with Gasteiger partial charge in [0.1, 0.15) is 23.9 Å². The third-order valence-corrected chi connectivity index (χ3v) is 5.75. The Morgan fingerprint density at radius 1 is 1.24 bits per heavy atom. The predicted molar refractivity (Wildman–Crippen MR) is 128 cm³/mol. The summed E-state index contributed by atoms with van der Waals surface area (Å²) in [5, 5.41) is 6.28. The van der Waals surface area contributed by atoms with Crippen LogP contribution >= 0.6 is 11.6 Å².